The van der Waals surface area contributed by atoms with E-state index < -0.39 is 19.6 Å². The maximum Gasteiger partial charge on any atom is 0.180 e. The summed E-state index contributed by atoms with van der Waals surface area (Å²) in [7, 11) is -5.51. The van der Waals surface area contributed by atoms with Crippen molar-refractivity contribution in [2.45, 2.75) is 23.8 Å². The Morgan fingerprint density at radius 3 is 2.53 bits per heavy atom. The summed E-state index contributed by atoms with van der Waals surface area (Å²) < 4.78 is 42.1. The molecule has 0 spiro atoms. The first-order valence-electron chi connectivity index (χ1n) is 10.0. The van der Waals surface area contributed by atoms with Crippen molar-refractivity contribution in [1.29, 1.82) is 0 Å². The molecule has 0 radical (unpaired) electrons. The Hall–Kier alpha value is -2.79. The van der Waals surface area contributed by atoms with E-state index in [0.29, 0.717) is 23.7 Å². The van der Waals surface area contributed by atoms with E-state index in [1.54, 1.807) is 35.4 Å². The Labute approximate surface area is 189 Å². The number of piperidine rings is 1. The molecule has 32 heavy (non-hydrogen) atoms. The number of hydrogen-bond acceptors (Lipinski definition) is 8. The monoisotopic (exact) mass is 476 g/mol. The van der Waals surface area contributed by atoms with E-state index in [-0.39, 0.29) is 10.9 Å². The summed E-state index contributed by atoms with van der Waals surface area (Å²) in [5.74, 6) is 1.22. The summed E-state index contributed by atoms with van der Waals surface area (Å²) >= 11 is 0. The Morgan fingerprint density at radius 1 is 1.09 bits per heavy atom. The Kier molecular flexibility index (Phi) is 6.99. The van der Waals surface area contributed by atoms with Gasteiger partial charge >= 0.3 is 0 Å². The third-order valence-electron chi connectivity index (χ3n) is 4.90. The van der Waals surface area contributed by atoms with Crippen LogP contribution in [0.15, 0.2) is 59.2 Å². The Morgan fingerprint density at radius 2 is 1.84 bits per heavy atom. The van der Waals surface area contributed by atoms with Gasteiger partial charge in [0.1, 0.15) is 17.2 Å². The minimum atomic E-state index is -3.35. The van der Waals surface area contributed by atoms with Gasteiger partial charge in [0.05, 0.1) is 17.1 Å². The van der Waals surface area contributed by atoms with E-state index in [9.17, 15) is 12.6 Å². The molecule has 11 heteroatoms. The lowest BCUT2D eigenvalue weighted by Gasteiger charge is -2.31. The number of aromatic nitrogens is 4. The summed E-state index contributed by atoms with van der Waals surface area (Å²) in [6.07, 6.45) is 11.2. The van der Waals surface area contributed by atoms with E-state index in [4.69, 9.17) is 4.98 Å². The summed E-state index contributed by atoms with van der Waals surface area (Å²) in [6.45, 7) is 7.49. The molecule has 4 heterocycles. The van der Waals surface area contributed by atoms with Crippen LogP contribution in [0.5, 0.6) is 0 Å². The van der Waals surface area contributed by atoms with Crippen molar-refractivity contribution in [3.8, 4) is 11.5 Å². The largest absolute Gasteiger partial charge is 0.354 e. The smallest absolute Gasteiger partial charge is 0.180 e. The average Bonchev–Trinajstić information content (AvgIpc) is 3.17. The van der Waals surface area contributed by atoms with Crippen LogP contribution in [-0.2, 0) is 19.6 Å². The van der Waals surface area contributed by atoms with Crippen LogP contribution in [0.2, 0.25) is 0 Å². The number of rotatable bonds is 4. The van der Waals surface area contributed by atoms with E-state index in [1.807, 2.05) is 6.07 Å². The third-order valence-corrected chi connectivity index (χ3v) is 6.80. The van der Waals surface area contributed by atoms with Crippen molar-refractivity contribution in [2.24, 2.45) is 4.36 Å². The van der Waals surface area contributed by atoms with Gasteiger partial charge in [-0.3, -0.25) is 8.61 Å². The quantitative estimate of drug-likeness (QED) is 0.533. The number of fused-ring (bicyclic) bond motifs is 1. The van der Waals surface area contributed by atoms with Crippen molar-refractivity contribution in [2.75, 3.05) is 36.8 Å². The number of hydrogen-bond donors (Lipinski definition) is 0. The second-order valence-corrected chi connectivity index (χ2v) is 12.4. The van der Waals surface area contributed by atoms with Gasteiger partial charge in [0.25, 0.3) is 0 Å². The molecule has 0 unspecified atom stereocenters. The van der Waals surface area contributed by atoms with Gasteiger partial charge in [0.15, 0.2) is 15.7 Å². The fourth-order valence-electron chi connectivity index (χ4n) is 3.60. The molecule has 0 N–H and O–H groups in total. The average molecular weight is 477 g/mol. The maximum absolute atomic E-state index is 12.1. The zero-order valence-corrected chi connectivity index (χ0v) is 20.1. The summed E-state index contributed by atoms with van der Waals surface area (Å²) in [4.78, 5) is 15.8. The second kappa shape index (κ2) is 9.37. The SMILES string of the molecule is C=C.CS(=O)(=O)c1ccc2ncc(-c3nccc(N4CCC[C@@H](N=S(C)(C)=O)C4)n3)n2c1. The van der Waals surface area contributed by atoms with Gasteiger partial charge in [-0.15, -0.1) is 13.2 Å². The van der Waals surface area contributed by atoms with Crippen molar-refractivity contribution >= 4 is 31.0 Å². The molecule has 0 aliphatic carbocycles. The molecule has 1 atom stereocenters. The van der Waals surface area contributed by atoms with Crippen molar-refractivity contribution in [1.82, 2.24) is 19.4 Å². The van der Waals surface area contributed by atoms with Crippen LogP contribution in [0.25, 0.3) is 17.2 Å². The Balaban J connectivity index is 0.00000141. The molecule has 0 bridgehead atoms. The molecule has 0 amide bonds. The van der Waals surface area contributed by atoms with Crippen LogP contribution in [0, 0.1) is 0 Å². The van der Waals surface area contributed by atoms with Crippen LogP contribution in [-0.4, -0.2) is 69.9 Å². The van der Waals surface area contributed by atoms with Crippen LogP contribution >= 0.6 is 0 Å². The molecular formula is C21H28N6O3S2. The molecule has 172 valence electrons. The lowest BCUT2D eigenvalue weighted by molar-refractivity contribution is 0.506. The van der Waals surface area contributed by atoms with Crippen LogP contribution in [0.1, 0.15) is 12.8 Å². The standard InChI is InChI=1S/C19H24N6O3S2.C2H4/c1-29(2,26)23-14-5-4-10-24(12-14)18-8-9-20-19(22-18)16-11-21-17-7-6-15(13-25(16)17)30(3,27)28;1-2/h6-9,11,13-14H,4-5,10,12H2,1-3H3;1-2H2/t14-;/m1./s1. The maximum atomic E-state index is 12.1. The molecule has 0 aromatic carbocycles. The highest BCUT2D eigenvalue weighted by atomic mass is 32.2. The van der Waals surface area contributed by atoms with Crippen LogP contribution in [0.3, 0.4) is 0 Å². The number of nitrogens with zero attached hydrogens (tertiary/aromatic N) is 6. The highest BCUT2D eigenvalue weighted by Gasteiger charge is 2.22. The molecule has 3 aromatic rings. The second-order valence-electron chi connectivity index (χ2n) is 7.78. The first kappa shape index (κ1) is 23.9. The molecule has 3 aromatic heterocycles. The van der Waals surface area contributed by atoms with Crippen molar-refractivity contribution in [3.63, 3.8) is 0 Å². The lowest BCUT2D eigenvalue weighted by atomic mass is 10.1. The first-order valence-corrected chi connectivity index (χ1v) is 14.2. The minimum absolute atomic E-state index is 0.00721. The lowest BCUT2D eigenvalue weighted by Crippen LogP contribution is -2.38. The normalized spacial score (nSPS) is 17.0. The number of imidazole rings is 1. The molecule has 0 saturated carbocycles. The molecule has 1 aliphatic rings. The number of anilines is 1. The van der Waals surface area contributed by atoms with Gasteiger partial charge in [0, 0.05) is 54.0 Å². The zero-order valence-electron chi connectivity index (χ0n) is 18.5. The van der Waals surface area contributed by atoms with Crippen molar-refractivity contribution in [3.05, 3.63) is 49.9 Å². The van der Waals surface area contributed by atoms with Gasteiger partial charge in [-0.05, 0) is 31.0 Å². The number of sulfone groups is 1. The van der Waals surface area contributed by atoms with Gasteiger partial charge in [-0.1, -0.05) is 0 Å². The van der Waals surface area contributed by atoms with E-state index in [1.165, 1.54) is 18.5 Å². The van der Waals surface area contributed by atoms with Crippen molar-refractivity contribution < 1.29 is 12.6 Å². The summed E-state index contributed by atoms with van der Waals surface area (Å²) in [5, 5.41) is 0. The molecular weight excluding hydrogens is 448 g/mol. The topological polar surface area (TPSA) is 110 Å². The van der Waals surface area contributed by atoms with Crippen LogP contribution < -0.4 is 4.90 Å². The zero-order chi connectivity index (χ0) is 23.5. The van der Waals surface area contributed by atoms with Gasteiger partial charge in [-0.2, -0.15) is 0 Å². The van der Waals surface area contributed by atoms with E-state index in [2.05, 4.69) is 32.4 Å². The predicted molar refractivity (Wildman–Crippen MR) is 128 cm³/mol. The molecule has 1 saturated heterocycles. The van der Waals surface area contributed by atoms with Crippen LogP contribution in [0.4, 0.5) is 5.82 Å². The van der Waals surface area contributed by atoms with Gasteiger partial charge in [0.2, 0.25) is 0 Å². The first-order chi connectivity index (χ1) is 15.1. The fraction of sp³-hybridized carbons (Fsp3) is 0.381. The van der Waals surface area contributed by atoms with E-state index >= 15 is 0 Å². The van der Waals surface area contributed by atoms with E-state index in [0.717, 1.165) is 25.2 Å². The third kappa shape index (κ3) is 5.52. The predicted octanol–water partition coefficient (Wildman–Crippen LogP) is 2.69. The summed E-state index contributed by atoms with van der Waals surface area (Å²) in [6, 6.07) is 5.04. The highest BCUT2D eigenvalue weighted by Crippen LogP contribution is 2.24. The Bertz CT molecular complexity index is 1330. The van der Waals surface area contributed by atoms with Gasteiger partial charge in [-0.25, -0.2) is 27.7 Å². The van der Waals surface area contributed by atoms with Gasteiger partial charge < -0.3 is 4.90 Å². The number of pyridine rings is 1. The fourth-order valence-corrected chi connectivity index (χ4v) is 5.10. The highest BCUT2D eigenvalue weighted by molar-refractivity contribution is 7.92. The summed E-state index contributed by atoms with van der Waals surface area (Å²) in [5.41, 5.74) is 1.23. The molecule has 1 fully saturated rings. The minimum Gasteiger partial charge on any atom is -0.354 e. The molecule has 9 nitrogen and oxygen atoms in total. The molecule has 1 aliphatic heterocycles. The molecule has 4 rings (SSSR count).